The predicted octanol–water partition coefficient (Wildman–Crippen LogP) is 2.64. The summed E-state index contributed by atoms with van der Waals surface area (Å²) in [5.41, 5.74) is 0. The van der Waals surface area contributed by atoms with Crippen molar-refractivity contribution in [3.8, 4) is 0 Å². The molecule has 0 bridgehead atoms. The van der Waals surface area contributed by atoms with Crippen LogP contribution in [0.4, 0.5) is 0 Å². The average Bonchev–Trinajstić information content (AvgIpc) is 2.28. The van der Waals surface area contributed by atoms with Crippen molar-refractivity contribution in [3.05, 3.63) is 0 Å². The van der Waals surface area contributed by atoms with Gasteiger partial charge in [-0.05, 0) is 13.8 Å². The lowest BCUT2D eigenvalue weighted by Gasteiger charge is -2.21. The van der Waals surface area contributed by atoms with Crippen LogP contribution in [0.15, 0.2) is 0 Å². The maximum atomic E-state index is 12.1. The molecule has 5 nitrogen and oxygen atoms in total. The molecule has 0 radical (unpaired) electrons. The Morgan fingerprint density at radius 2 is 1.76 bits per heavy atom. The third-order valence-corrected chi connectivity index (χ3v) is 4.38. The first-order valence-corrected chi connectivity index (χ1v) is 8.00. The number of alkyl halides is 2. The van der Waals surface area contributed by atoms with Gasteiger partial charge in [-0.1, -0.05) is 0 Å². The van der Waals surface area contributed by atoms with Crippen molar-refractivity contribution >= 4 is 36.8 Å². The van der Waals surface area contributed by atoms with Crippen LogP contribution >= 0.6 is 30.8 Å². The molecular formula is C9H17Cl2O5P. The van der Waals surface area contributed by atoms with Gasteiger partial charge < -0.3 is 13.8 Å². The first-order valence-electron chi connectivity index (χ1n) is 5.20. The van der Waals surface area contributed by atoms with Crippen LogP contribution in [0.1, 0.15) is 13.8 Å². The Morgan fingerprint density at radius 3 is 2.12 bits per heavy atom. The lowest BCUT2D eigenvalue weighted by Crippen LogP contribution is -2.25. The van der Waals surface area contributed by atoms with Gasteiger partial charge in [0.05, 0.1) is 25.3 Å². The summed E-state index contributed by atoms with van der Waals surface area (Å²) in [6.45, 7) is 3.89. The quantitative estimate of drug-likeness (QED) is 0.372. The van der Waals surface area contributed by atoms with Gasteiger partial charge in [0, 0.05) is 0 Å². The van der Waals surface area contributed by atoms with E-state index in [1.54, 1.807) is 13.8 Å². The second-order valence-corrected chi connectivity index (χ2v) is 5.71. The van der Waals surface area contributed by atoms with E-state index in [0.29, 0.717) is 0 Å². The van der Waals surface area contributed by atoms with Gasteiger partial charge in [0.2, 0.25) is 0 Å². The van der Waals surface area contributed by atoms with Gasteiger partial charge in [-0.25, -0.2) is 0 Å². The molecule has 0 aliphatic rings. The molecule has 0 spiro atoms. The Labute approximate surface area is 111 Å². The number of hydrogen-bond acceptors (Lipinski definition) is 5. The van der Waals surface area contributed by atoms with Crippen molar-refractivity contribution in [1.29, 1.82) is 0 Å². The molecule has 8 heteroatoms. The molecule has 0 amide bonds. The highest BCUT2D eigenvalue weighted by atomic mass is 35.5. The maximum absolute atomic E-state index is 12.1. The van der Waals surface area contributed by atoms with Gasteiger partial charge in [-0.2, -0.15) is 0 Å². The van der Waals surface area contributed by atoms with Crippen LogP contribution in [-0.2, 0) is 23.1 Å². The van der Waals surface area contributed by atoms with Crippen molar-refractivity contribution in [2.75, 3.05) is 31.1 Å². The topological polar surface area (TPSA) is 61.8 Å². The van der Waals surface area contributed by atoms with E-state index in [1.165, 1.54) is 0 Å². The van der Waals surface area contributed by atoms with Crippen molar-refractivity contribution in [3.63, 3.8) is 0 Å². The van der Waals surface area contributed by atoms with E-state index in [0.717, 1.165) is 0 Å². The minimum atomic E-state index is -3.26. The highest BCUT2D eigenvalue weighted by Gasteiger charge is 2.30. The third kappa shape index (κ3) is 7.27. The number of ether oxygens (including phenoxy) is 1. The number of esters is 1. The molecule has 0 saturated heterocycles. The number of hydrogen-bond donors (Lipinski definition) is 0. The van der Waals surface area contributed by atoms with Crippen molar-refractivity contribution in [1.82, 2.24) is 0 Å². The van der Waals surface area contributed by atoms with Gasteiger partial charge in [0.1, 0.15) is 12.0 Å². The van der Waals surface area contributed by atoms with Gasteiger partial charge in [0.15, 0.2) is 0 Å². The Hall–Kier alpha value is 0.200. The summed E-state index contributed by atoms with van der Waals surface area (Å²) in [5, 5.41) is 0. The zero-order valence-electron chi connectivity index (χ0n) is 9.86. The number of carbonyl (C=O) groups is 1. The molecule has 0 aliphatic heterocycles. The van der Waals surface area contributed by atoms with Gasteiger partial charge in [0.25, 0.3) is 0 Å². The minimum absolute atomic E-state index is 0.00671. The van der Waals surface area contributed by atoms with E-state index in [1.807, 2.05) is 0 Å². The Kier molecular flexibility index (Phi) is 9.28. The molecule has 0 unspecified atom stereocenters. The molecule has 0 rings (SSSR count). The molecular weight excluding hydrogens is 290 g/mol. The fourth-order valence-electron chi connectivity index (χ4n) is 1.12. The van der Waals surface area contributed by atoms with E-state index in [-0.39, 0.29) is 31.1 Å². The molecule has 0 aromatic carbocycles. The summed E-state index contributed by atoms with van der Waals surface area (Å²) in [7, 11) is -3.26. The molecule has 0 aliphatic carbocycles. The molecule has 0 fully saturated rings. The molecule has 102 valence electrons. The van der Waals surface area contributed by atoms with E-state index in [2.05, 4.69) is 0 Å². The molecule has 0 heterocycles. The summed E-state index contributed by atoms with van der Waals surface area (Å²) in [4.78, 5) is 11.0. The van der Waals surface area contributed by atoms with Crippen LogP contribution in [0.2, 0.25) is 0 Å². The zero-order valence-corrected chi connectivity index (χ0v) is 12.3. The monoisotopic (exact) mass is 306 g/mol. The van der Waals surface area contributed by atoms with Crippen molar-refractivity contribution in [2.45, 2.75) is 20.0 Å². The molecule has 0 N–H and O–H groups in total. The minimum Gasteiger partial charge on any atom is -0.460 e. The SMILES string of the molecule is CCOP(=O)(C[C@H](CCl)OC(=O)CCl)OCC. The first kappa shape index (κ1) is 17.2. The Balaban J connectivity index is 4.48. The van der Waals surface area contributed by atoms with Crippen molar-refractivity contribution < 1.29 is 23.1 Å². The van der Waals surface area contributed by atoms with Crippen molar-refractivity contribution in [2.24, 2.45) is 0 Å². The average molecular weight is 307 g/mol. The summed E-state index contributed by atoms with van der Waals surface area (Å²) in [6, 6.07) is 0. The predicted molar refractivity (Wildman–Crippen MR) is 67.0 cm³/mol. The lowest BCUT2D eigenvalue weighted by molar-refractivity contribution is -0.144. The summed E-state index contributed by atoms with van der Waals surface area (Å²) < 4.78 is 27.2. The molecule has 0 aromatic rings. The fourth-order valence-corrected chi connectivity index (χ4v) is 3.28. The maximum Gasteiger partial charge on any atom is 0.334 e. The second-order valence-electron chi connectivity index (χ2n) is 3.03. The smallest absolute Gasteiger partial charge is 0.334 e. The molecule has 1 atom stereocenters. The first-order chi connectivity index (χ1) is 8.01. The second kappa shape index (κ2) is 9.17. The van der Waals surface area contributed by atoms with Gasteiger partial charge in [-0.15, -0.1) is 23.2 Å². The van der Waals surface area contributed by atoms with Crippen LogP contribution in [0.25, 0.3) is 0 Å². The van der Waals surface area contributed by atoms with Gasteiger partial charge >= 0.3 is 13.6 Å². The lowest BCUT2D eigenvalue weighted by atomic mass is 10.5. The standard InChI is InChI=1S/C9H17Cl2O5P/c1-3-14-17(13,15-4-2)7-8(5-10)16-9(12)6-11/h8H,3-7H2,1-2H3/t8-/m0/s1. The van der Waals surface area contributed by atoms with Crippen LogP contribution in [-0.4, -0.2) is 43.2 Å². The van der Waals surface area contributed by atoms with Crippen LogP contribution in [0, 0.1) is 0 Å². The summed E-state index contributed by atoms with van der Waals surface area (Å²) in [5.74, 6) is -0.884. The zero-order chi connectivity index (χ0) is 13.3. The fraction of sp³-hybridized carbons (Fsp3) is 0.889. The van der Waals surface area contributed by atoms with Crippen LogP contribution in [0.5, 0.6) is 0 Å². The van der Waals surface area contributed by atoms with E-state index >= 15 is 0 Å². The molecule has 17 heavy (non-hydrogen) atoms. The molecule has 0 aromatic heterocycles. The molecule has 0 saturated carbocycles. The Bertz CT molecular complexity index is 264. The normalized spacial score (nSPS) is 13.4. The third-order valence-electron chi connectivity index (χ3n) is 1.66. The summed E-state index contributed by atoms with van der Waals surface area (Å²) in [6.07, 6.45) is -0.798. The highest BCUT2D eigenvalue weighted by Crippen LogP contribution is 2.48. The summed E-state index contributed by atoms with van der Waals surface area (Å²) >= 11 is 10.9. The highest BCUT2D eigenvalue weighted by molar-refractivity contribution is 7.53. The van der Waals surface area contributed by atoms with Crippen LogP contribution in [0.3, 0.4) is 0 Å². The number of halogens is 2. The van der Waals surface area contributed by atoms with E-state index < -0.39 is 19.7 Å². The number of carbonyl (C=O) groups excluding carboxylic acids is 1. The van der Waals surface area contributed by atoms with Crippen LogP contribution < -0.4 is 0 Å². The van der Waals surface area contributed by atoms with E-state index in [9.17, 15) is 9.36 Å². The van der Waals surface area contributed by atoms with Gasteiger partial charge in [-0.3, -0.25) is 9.36 Å². The largest absolute Gasteiger partial charge is 0.460 e. The van der Waals surface area contributed by atoms with E-state index in [4.69, 9.17) is 37.0 Å². The Morgan fingerprint density at radius 1 is 1.24 bits per heavy atom. The number of rotatable bonds is 9.